The van der Waals surface area contributed by atoms with E-state index < -0.39 is 0 Å². The van der Waals surface area contributed by atoms with Gasteiger partial charge < -0.3 is 15.2 Å². The van der Waals surface area contributed by atoms with Crippen molar-refractivity contribution in [2.45, 2.75) is 20.0 Å². The molecule has 0 radical (unpaired) electrons. The van der Waals surface area contributed by atoms with Gasteiger partial charge in [0.1, 0.15) is 5.75 Å². The highest BCUT2D eigenvalue weighted by Gasteiger charge is 2.02. The first-order chi connectivity index (χ1) is 9.31. The van der Waals surface area contributed by atoms with Gasteiger partial charge in [0.15, 0.2) is 0 Å². The van der Waals surface area contributed by atoms with Crippen molar-refractivity contribution in [3.63, 3.8) is 0 Å². The van der Waals surface area contributed by atoms with Gasteiger partial charge in [-0.2, -0.15) is 4.98 Å². The Kier molecular flexibility index (Phi) is 4.69. The van der Waals surface area contributed by atoms with Crippen LogP contribution in [0.4, 0.5) is 5.95 Å². The number of aliphatic hydroxyl groups excluding tert-OH is 1. The average molecular weight is 259 g/mol. The highest BCUT2D eigenvalue weighted by Crippen LogP contribution is 2.20. The van der Waals surface area contributed by atoms with Gasteiger partial charge in [-0.15, -0.1) is 0 Å². The highest BCUT2D eigenvalue weighted by molar-refractivity contribution is 5.33. The lowest BCUT2D eigenvalue weighted by Gasteiger charge is -2.07. The van der Waals surface area contributed by atoms with Crippen LogP contribution in [0.15, 0.2) is 36.5 Å². The molecule has 2 aromatic rings. The molecule has 19 heavy (non-hydrogen) atoms. The zero-order valence-corrected chi connectivity index (χ0v) is 10.8. The number of aliphatic hydroxyl groups is 1. The van der Waals surface area contributed by atoms with Crippen molar-refractivity contribution in [2.24, 2.45) is 0 Å². The molecule has 0 saturated heterocycles. The van der Waals surface area contributed by atoms with Crippen LogP contribution in [-0.2, 0) is 6.61 Å². The molecule has 0 bridgehead atoms. The van der Waals surface area contributed by atoms with E-state index >= 15 is 0 Å². The molecule has 0 amide bonds. The van der Waals surface area contributed by atoms with Crippen LogP contribution < -0.4 is 10.1 Å². The Hall–Kier alpha value is -2.14. The van der Waals surface area contributed by atoms with Crippen molar-refractivity contribution >= 4 is 5.95 Å². The molecule has 2 N–H and O–H groups in total. The molecule has 0 saturated carbocycles. The van der Waals surface area contributed by atoms with Crippen molar-refractivity contribution in [1.29, 1.82) is 0 Å². The lowest BCUT2D eigenvalue weighted by molar-refractivity contribution is 0.281. The van der Waals surface area contributed by atoms with Crippen LogP contribution in [0.3, 0.4) is 0 Å². The number of hydrogen-bond donors (Lipinski definition) is 2. The molecular weight excluding hydrogens is 242 g/mol. The maximum absolute atomic E-state index is 9.08. The molecule has 2 rings (SSSR count). The zero-order chi connectivity index (χ0) is 13.5. The molecule has 1 aromatic heterocycles. The fourth-order valence-corrected chi connectivity index (χ4v) is 1.55. The Morgan fingerprint density at radius 3 is 3.00 bits per heavy atom. The summed E-state index contributed by atoms with van der Waals surface area (Å²) < 4.78 is 5.64. The molecule has 0 aliphatic rings. The number of rotatable bonds is 6. The van der Waals surface area contributed by atoms with Gasteiger partial charge >= 0.3 is 0 Å². The van der Waals surface area contributed by atoms with Crippen molar-refractivity contribution in [3.8, 4) is 11.6 Å². The summed E-state index contributed by atoms with van der Waals surface area (Å²) in [6, 6.07) is 8.96. The van der Waals surface area contributed by atoms with Crippen LogP contribution in [0.2, 0.25) is 0 Å². The van der Waals surface area contributed by atoms with E-state index in [1.807, 2.05) is 18.2 Å². The predicted molar refractivity (Wildman–Crippen MR) is 73.3 cm³/mol. The first-order valence-electron chi connectivity index (χ1n) is 6.26. The smallest absolute Gasteiger partial charge is 0.225 e. The maximum Gasteiger partial charge on any atom is 0.225 e. The molecule has 0 unspecified atom stereocenters. The first kappa shape index (κ1) is 13.3. The number of ether oxygens (including phenoxy) is 1. The van der Waals surface area contributed by atoms with E-state index in [4.69, 9.17) is 9.84 Å². The molecule has 100 valence electrons. The molecule has 0 fully saturated rings. The standard InChI is InChI=1S/C14H17N3O2/c1-2-7-15-14-16-8-6-13(17-14)19-12-5-3-4-11(9-12)10-18/h3-6,8-9,18H,2,7,10H2,1H3,(H,15,16,17). The van der Waals surface area contributed by atoms with E-state index in [0.29, 0.717) is 17.6 Å². The average Bonchev–Trinajstić information content (AvgIpc) is 2.46. The zero-order valence-electron chi connectivity index (χ0n) is 10.8. The number of nitrogens with one attached hydrogen (secondary N) is 1. The molecular formula is C14H17N3O2. The minimum Gasteiger partial charge on any atom is -0.439 e. The molecule has 5 nitrogen and oxygen atoms in total. The SMILES string of the molecule is CCCNc1nccc(Oc2cccc(CO)c2)n1. The Morgan fingerprint density at radius 1 is 1.32 bits per heavy atom. The fraction of sp³-hybridized carbons (Fsp3) is 0.286. The lowest BCUT2D eigenvalue weighted by Crippen LogP contribution is -2.04. The van der Waals surface area contributed by atoms with E-state index in [-0.39, 0.29) is 6.61 Å². The van der Waals surface area contributed by atoms with Crippen LogP contribution >= 0.6 is 0 Å². The van der Waals surface area contributed by atoms with E-state index in [1.54, 1.807) is 18.3 Å². The molecule has 0 aliphatic heterocycles. The summed E-state index contributed by atoms with van der Waals surface area (Å²) in [5, 5.41) is 12.2. The van der Waals surface area contributed by atoms with E-state index in [2.05, 4.69) is 22.2 Å². The minimum absolute atomic E-state index is 0.00964. The monoisotopic (exact) mass is 259 g/mol. The van der Waals surface area contributed by atoms with Crippen LogP contribution in [0.5, 0.6) is 11.6 Å². The molecule has 0 aliphatic carbocycles. The second-order valence-electron chi connectivity index (χ2n) is 4.05. The first-order valence-corrected chi connectivity index (χ1v) is 6.26. The minimum atomic E-state index is -0.00964. The topological polar surface area (TPSA) is 67.3 Å². The van der Waals surface area contributed by atoms with Gasteiger partial charge in [-0.25, -0.2) is 4.98 Å². The van der Waals surface area contributed by atoms with Crippen molar-refractivity contribution in [3.05, 3.63) is 42.1 Å². The Bertz CT molecular complexity index is 532. The van der Waals surface area contributed by atoms with Gasteiger partial charge in [0.05, 0.1) is 6.61 Å². The summed E-state index contributed by atoms with van der Waals surface area (Å²) in [7, 11) is 0. The Morgan fingerprint density at radius 2 is 2.21 bits per heavy atom. The third kappa shape index (κ3) is 3.93. The van der Waals surface area contributed by atoms with Crippen molar-refractivity contribution in [1.82, 2.24) is 9.97 Å². The van der Waals surface area contributed by atoms with Crippen molar-refractivity contribution in [2.75, 3.05) is 11.9 Å². The van der Waals surface area contributed by atoms with E-state index in [1.165, 1.54) is 0 Å². The Labute approximate surface area is 112 Å². The largest absolute Gasteiger partial charge is 0.439 e. The second-order valence-corrected chi connectivity index (χ2v) is 4.05. The van der Waals surface area contributed by atoms with Crippen molar-refractivity contribution < 1.29 is 9.84 Å². The maximum atomic E-state index is 9.08. The summed E-state index contributed by atoms with van der Waals surface area (Å²) in [5.74, 6) is 1.67. The molecule has 1 aromatic carbocycles. The number of nitrogens with zero attached hydrogens (tertiary/aromatic N) is 2. The molecule has 0 atom stereocenters. The van der Waals surface area contributed by atoms with Gasteiger partial charge in [0.2, 0.25) is 11.8 Å². The van der Waals surface area contributed by atoms with Crippen LogP contribution in [0.1, 0.15) is 18.9 Å². The van der Waals surface area contributed by atoms with Gasteiger partial charge in [-0.05, 0) is 24.1 Å². The summed E-state index contributed by atoms with van der Waals surface area (Å²) in [6.45, 7) is 2.89. The lowest BCUT2D eigenvalue weighted by atomic mass is 10.2. The number of aromatic nitrogens is 2. The summed E-state index contributed by atoms with van der Waals surface area (Å²) in [4.78, 5) is 8.36. The quantitative estimate of drug-likeness (QED) is 0.834. The van der Waals surface area contributed by atoms with Crippen LogP contribution in [0, 0.1) is 0 Å². The highest BCUT2D eigenvalue weighted by atomic mass is 16.5. The third-order valence-corrected chi connectivity index (χ3v) is 2.47. The second kappa shape index (κ2) is 6.70. The normalized spacial score (nSPS) is 10.2. The third-order valence-electron chi connectivity index (χ3n) is 2.47. The fourth-order valence-electron chi connectivity index (χ4n) is 1.55. The van der Waals surface area contributed by atoms with Gasteiger partial charge in [0, 0.05) is 18.8 Å². The molecule has 1 heterocycles. The van der Waals surface area contributed by atoms with E-state index in [0.717, 1.165) is 18.5 Å². The summed E-state index contributed by atoms with van der Waals surface area (Å²) >= 11 is 0. The summed E-state index contributed by atoms with van der Waals surface area (Å²) in [6.07, 6.45) is 2.66. The Balaban J connectivity index is 2.09. The number of anilines is 1. The van der Waals surface area contributed by atoms with Crippen LogP contribution in [0.25, 0.3) is 0 Å². The number of benzene rings is 1. The number of hydrogen-bond acceptors (Lipinski definition) is 5. The van der Waals surface area contributed by atoms with Gasteiger partial charge in [-0.1, -0.05) is 19.1 Å². The van der Waals surface area contributed by atoms with Gasteiger partial charge in [0.25, 0.3) is 0 Å². The summed E-state index contributed by atoms with van der Waals surface area (Å²) in [5.41, 5.74) is 0.802. The van der Waals surface area contributed by atoms with E-state index in [9.17, 15) is 0 Å². The van der Waals surface area contributed by atoms with Crippen LogP contribution in [-0.4, -0.2) is 21.6 Å². The predicted octanol–water partition coefficient (Wildman–Crippen LogP) is 2.58. The molecule has 5 heteroatoms. The molecule has 0 spiro atoms. The van der Waals surface area contributed by atoms with Gasteiger partial charge in [-0.3, -0.25) is 0 Å².